The normalized spacial score (nSPS) is 28.1. The molecule has 3 unspecified atom stereocenters. The number of ether oxygens (including phenoxy) is 1. The summed E-state index contributed by atoms with van der Waals surface area (Å²) < 4.78 is 5.49. The molecule has 102 valence electrons. The molecular weight excluding hydrogens is 214 g/mol. The molecule has 2 N–H and O–H groups in total. The van der Waals surface area contributed by atoms with E-state index in [0.29, 0.717) is 18.7 Å². The van der Waals surface area contributed by atoms with Crippen molar-refractivity contribution in [2.75, 3.05) is 13.7 Å². The molecule has 0 bridgehead atoms. The van der Waals surface area contributed by atoms with E-state index in [0.717, 1.165) is 12.8 Å². The van der Waals surface area contributed by atoms with Gasteiger partial charge in [0.1, 0.15) is 0 Å². The average Bonchev–Trinajstić information content (AvgIpc) is 2.24. The first-order valence-electron chi connectivity index (χ1n) is 6.86. The topological polar surface area (TPSA) is 41.5 Å². The van der Waals surface area contributed by atoms with E-state index in [1.807, 2.05) is 0 Å². The molecule has 0 aromatic rings. The van der Waals surface area contributed by atoms with E-state index in [1.165, 1.54) is 19.3 Å². The van der Waals surface area contributed by atoms with Crippen LogP contribution in [0.3, 0.4) is 0 Å². The minimum absolute atomic E-state index is 0.189. The van der Waals surface area contributed by atoms with Gasteiger partial charge in [-0.15, -0.1) is 0 Å². The van der Waals surface area contributed by atoms with Gasteiger partial charge in [0.2, 0.25) is 0 Å². The highest BCUT2D eigenvalue weighted by atomic mass is 16.5. The summed E-state index contributed by atoms with van der Waals surface area (Å²) in [6, 6.07) is 0.420. The molecule has 1 fully saturated rings. The van der Waals surface area contributed by atoms with Gasteiger partial charge in [0.05, 0.1) is 12.2 Å². The van der Waals surface area contributed by atoms with Crippen LogP contribution in [0.4, 0.5) is 0 Å². The monoisotopic (exact) mass is 243 g/mol. The highest BCUT2D eigenvalue weighted by Crippen LogP contribution is 2.22. The van der Waals surface area contributed by atoms with Gasteiger partial charge in [0.25, 0.3) is 0 Å². The van der Waals surface area contributed by atoms with Crippen molar-refractivity contribution in [1.29, 1.82) is 0 Å². The Morgan fingerprint density at radius 1 is 1.29 bits per heavy atom. The van der Waals surface area contributed by atoms with Gasteiger partial charge in [0, 0.05) is 19.7 Å². The average molecular weight is 243 g/mol. The van der Waals surface area contributed by atoms with Crippen molar-refractivity contribution < 1.29 is 9.84 Å². The molecule has 0 radical (unpaired) electrons. The van der Waals surface area contributed by atoms with Gasteiger partial charge in [-0.3, -0.25) is 0 Å². The van der Waals surface area contributed by atoms with Crippen molar-refractivity contribution in [2.24, 2.45) is 5.41 Å². The lowest BCUT2D eigenvalue weighted by atomic mass is 9.88. The number of rotatable bonds is 5. The Hall–Kier alpha value is -0.120. The van der Waals surface area contributed by atoms with Crippen LogP contribution >= 0.6 is 0 Å². The predicted octanol–water partition coefficient (Wildman–Crippen LogP) is 2.33. The van der Waals surface area contributed by atoms with Crippen LogP contribution < -0.4 is 5.32 Å². The maximum Gasteiger partial charge on any atom is 0.0724 e. The summed E-state index contributed by atoms with van der Waals surface area (Å²) >= 11 is 0. The second-order valence-corrected chi connectivity index (χ2v) is 6.49. The van der Waals surface area contributed by atoms with E-state index in [4.69, 9.17) is 4.74 Å². The van der Waals surface area contributed by atoms with Crippen LogP contribution in [0.5, 0.6) is 0 Å². The lowest BCUT2D eigenvalue weighted by Gasteiger charge is -2.32. The standard InChI is InChI=1S/C14H29NO2/c1-14(2,3)9-11(16)10-15-12-7-5-6-8-13(12)17-4/h11-13,15-16H,5-10H2,1-4H3. The van der Waals surface area contributed by atoms with Crippen LogP contribution in [0.1, 0.15) is 52.9 Å². The van der Waals surface area contributed by atoms with Gasteiger partial charge < -0.3 is 15.2 Å². The molecule has 1 saturated carbocycles. The number of nitrogens with one attached hydrogen (secondary N) is 1. The molecule has 1 rings (SSSR count). The first kappa shape index (κ1) is 14.9. The molecule has 0 aliphatic heterocycles. The Labute approximate surface area is 106 Å². The van der Waals surface area contributed by atoms with Gasteiger partial charge in [-0.05, 0) is 24.7 Å². The van der Waals surface area contributed by atoms with E-state index >= 15 is 0 Å². The molecule has 0 aromatic carbocycles. The van der Waals surface area contributed by atoms with Crippen LogP contribution in [0.25, 0.3) is 0 Å². The first-order valence-corrected chi connectivity index (χ1v) is 6.86. The molecule has 0 spiro atoms. The van der Waals surface area contributed by atoms with Crippen molar-refractivity contribution in [1.82, 2.24) is 5.32 Å². The van der Waals surface area contributed by atoms with Crippen LogP contribution in [-0.2, 0) is 4.74 Å². The van der Waals surface area contributed by atoms with Gasteiger partial charge in [0.15, 0.2) is 0 Å². The molecule has 3 atom stereocenters. The fourth-order valence-corrected chi connectivity index (χ4v) is 2.68. The molecule has 1 aliphatic carbocycles. The smallest absolute Gasteiger partial charge is 0.0724 e. The number of aliphatic hydroxyl groups is 1. The molecular formula is C14H29NO2. The first-order chi connectivity index (χ1) is 7.92. The number of hydrogen-bond acceptors (Lipinski definition) is 3. The molecule has 3 nitrogen and oxygen atoms in total. The van der Waals surface area contributed by atoms with Gasteiger partial charge in [-0.1, -0.05) is 33.6 Å². The summed E-state index contributed by atoms with van der Waals surface area (Å²) in [5, 5.41) is 13.4. The summed E-state index contributed by atoms with van der Waals surface area (Å²) in [5.41, 5.74) is 0.189. The van der Waals surface area contributed by atoms with Crippen LogP contribution in [0.15, 0.2) is 0 Å². The van der Waals surface area contributed by atoms with Crippen LogP contribution in [0, 0.1) is 5.41 Å². The highest BCUT2D eigenvalue weighted by Gasteiger charge is 2.25. The van der Waals surface area contributed by atoms with Crippen molar-refractivity contribution in [2.45, 2.75) is 71.1 Å². The quantitative estimate of drug-likeness (QED) is 0.778. The van der Waals surface area contributed by atoms with Crippen LogP contribution in [0.2, 0.25) is 0 Å². The third-order valence-electron chi connectivity index (χ3n) is 3.47. The van der Waals surface area contributed by atoms with Gasteiger partial charge >= 0.3 is 0 Å². The van der Waals surface area contributed by atoms with Crippen molar-refractivity contribution in [3.05, 3.63) is 0 Å². The fourth-order valence-electron chi connectivity index (χ4n) is 2.68. The lowest BCUT2D eigenvalue weighted by molar-refractivity contribution is 0.0337. The van der Waals surface area contributed by atoms with Crippen molar-refractivity contribution in [3.8, 4) is 0 Å². The summed E-state index contributed by atoms with van der Waals surface area (Å²) in [6.07, 6.45) is 5.75. The molecule has 0 saturated heterocycles. The van der Waals surface area contributed by atoms with E-state index in [2.05, 4.69) is 26.1 Å². The van der Waals surface area contributed by atoms with Gasteiger partial charge in [-0.25, -0.2) is 0 Å². The zero-order valence-corrected chi connectivity index (χ0v) is 11.8. The molecule has 1 aliphatic rings. The fraction of sp³-hybridized carbons (Fsp3) is 1.00. The molecule has 3 heteroatoms. The van der Waals surface area contributed by atoms with E-state index in [9.17, 15) is 5.11 Å². The van der Waals surface area contributed by atoms with E-state index in [1.54, 1.807) is 7.11 Å². The van der Waals surface area contributed by atoms with Crippen molar-refractivity contribution in [3.63, 3.8) is 0 Å². The minimum atomic E-state index is -0.255. The Morgan fingerprint density at radius 3 is 2.53 bits per heavy atom. The summed E-state index contributed by atoms with van der Waals surface area (Å²) in [4.78, 5) is 0. The lowest BCUT2D eigenvalue weighted by Crippen LogP contribution is -2.46. The SMILES string of the molecule is COC1CCCCC1NCC(O)CC(C)(C)C. The Bertz CT molecular complexity index is 213. The number of aliphatic hydroxyl groups excluding tert-OH is 1. The molecule has 0 amide bonds. The van der Waals surface area contributed by atoms with Crippen molar-refractivity contribution >= 4 is 0 Å². The Morgan fingerprint density at radius 2 is 1.94 bits per heavy atom. The summed E-state index contributed by atoms with van der Waals surface area (Å²) in [5.74, 6) is 0. The molecule has 0 heterocycles. The summed E-state index contributed by atoms with van der Waals surface area (Å²) in [6.45, 7) is 7.17. The Kier molecular flexibility index (Phi) is 5.90. The molecule has 0 aromatic heterocycles. The number of hydrogen-bond donors (Lipinski definition) is 2. The van der Waals surface area contributed by atoms with E-state index < -0.39 is 0 Å². The predicted molar refractivity (Wildman–Crippen MR) is 71.1 cm³/mol. The highest BCUT2D eigenvalue weighted by molar-refractivity contribution is 4.83. The maximum atomic E-state index is 9.97. The molecule has 17 heavy (non-hydrogen) atoms. The Balaban J connectivity index is 2.28. The third kappa shape index (κ3) is 5.84. The van der Waals surface area contributed by atoms with Gasteiger partial charge in [-0.2, -0.15) is 0 Å². The third-order valence-corrected chi connectivity index (χ3v) is 3.47. The number of methoxy groups -OCH3 is 1. The minimum Gasteiger partial charge on any atom is -0.392 e. The largest absolute Gasteiger partial charge is 0.392 e. The maximum absolute atomic E-state index is 9.97. The summed E-state index contributed by atoms with van der Waals surface area (Å²) in [7, 11) is 1.79. The second kappa shape index (κ2) is 6.72. The zero-order valence-electron chi connectivity index (χ0n) is 11.8. The van der Waals surface area contributed by atoms with E-state index in [-0.39, 0.29) is 11.5 Å². The second-order valence-electron chi connectivity index (χ2n) is 6.49. The zero-order chi connectivity index (χ0) is 12.9. The van der Waals surface area contributed by atoms with Crippen LogP contribution in [-0.4, -0.2) is 37.0 Å².